The molecule has 218 valence electrons. The van der Waals surface area contributed by atoms with Gasteiger partial charge in [0.25, 0.3) is 0 Å². The third kappa shape index (κ3) is 7.29. The molecule has 3 aliphatic rings. The summed E-state index contributed by atoms with van der Waals surface area (Å²) in [6.07, 6.45) is 8.47. The Labute approximate surface area is 260 Å². The number of fused-ring (bicyclic) bond motifs is 2. The molecule has 3 heterocycles. The highest BCUT2D eigenvalue weighted by Crippen LogP contribution is 2.46. The van der Waals surface area contributed by atoms with E-state index in [0.717, 1.165) is 84.4 Å². The van der Waals surface area contributed by atoms with Crippen LogP contribution in [0.5, 0.6) is 0 Å². The van der Waals surface area contributed by atoms with Gasteiger partial charge in [0.05, 0.1) is 5.69 Å². The van der Waals surface area contributed by atoms with Crippen LogP contribution in [-0.4, -0.2) is 59.3 Å². The van der Waals surface area contributed by atoms with Crippen molar-refractivity contribution in [2.45, 2.75) is 71.1 Å². The lowest BCUT2D eigenvalue weighted by Crippen LogP contribution is -2.43. The van der Waals surface area contributed by atoms with E-state index < -0.39 is 0 Å². The Balaban J connectivity index is 0.00000181. The normalized spacial score (nSPS) is 19.7. The van der Waals surface area contributed by atoms with Crippen LogP contribution in [0.4, 0.5) is 0 Å². The number of aryl methyl sites for hydroxylation is 2. The van der Waals surface area contributed by atoms with Crippen molar-refractivity contribution in [2.75, 3.05) is 32.7 Å². The van der Waals surface area contributed by atoms with Crippen molar-refractivity contribution in [3.63, 3.8) is 0 Å². The number of nitrogens with zero attached hydrogens (tertiary/aromatic N) is 3. The standard InChI is InChI=1S/C29H35Br2ClN4O2.C2H6/c30-22-14-21-2-1-20-15-23(32)16-24(31)27(20)28(29(21)34-17-22)19-6-11-36(12-7-19)26(38)13-18-4-9-35(10-5-18)25(37)3-8-33;1-2/h14-19,28H,1-13,33H2;1-2H3/t28-;/m1./s1. The number of halogens is 3. The van der Waals surface area contributed by atoms with Crippen LogP contribution in [-0.2, 0) is 22.4 Å². The number of hydrogen-bond donors (Lipinski definition) is 1. The molecule has 5 rings (SSSR count). The van der Waals surface area contributed by atoms with Crippen molar-refractivity contribution in [2.24, 2.45) is 17.6 Å². The van der Waals surface area contributed by atoms with Gasteiger partial charge in [0.15, 0.2) is 0 Å². The van der Waals surface area contributed by atoms with E-state index in [1.165, 1.54) is 16.7 Å². The van der Waals surface area contributed by atoms with Gasteiger partial charge in [-0.2, -0.15) is 0 Å². The number of rotatable bonds is 5. The first-order valence-corrected chi connectivity index (χ1v) is 16.7. The van der Waals surface area contributed by atoms with Gasteiger partial charge in [-0.25, -0.2) is 0 Å². The average Bonchev–Trinajstić information content (AvgIpc) is 3.11. The summed E-state index contributed by atoms with van der Waals surface area (Å²) in [5.41, 5.74) is 10.6. The molecule has 0 spiro atoms. The predicted molar refractivity (Wildman–Crippen MR) is 169 cm³/mol. The Hall–Kier alpha value is -1.48. The molecule has 2 amide bonds. The van der Waals surface area contributed by atoms with E-state index in [9.17, 15) is 9.59 Å². The molecule has 1 aromatic heterocycles. The SMILES string of the molecule is CC.NCCC(=O)N1CCC(CC(=O)N2CCC([C@H]3c4ncc(Br)cc4CCc4cc(Cl)cc(Br)c43)CC2)CC1. The number of benzene rings is 1. The number of carbonyl (C=O) groups is 2. The number of piperidine rings is 2. The van der Waals surface area contributed by atoms with E-state index in [-0.39, 0.29) is 17.7 Å². The summed E-state index contributed by atoms with van der Waals surface area (Å²) in [6.45, 7) is 7.42. The van der Waals surface area contributed by atoms with Gasteiger partial charge in [0.2, 0.25) is 11.8 Å². The zero-order valence-corrected chi connectivity index (χ0v) is 27.5. The predicted octanol–water partition coefficient (Wildman–Crippen LogP) is 6.73. The number of amides is 2. The minimum absolute atomic E-state index is 0.136. The van der Waals surface area contributed by atoms with Gasteiger partial charge in [-0.15, -0.1) is 0 Å². The molecule has 1 aliphatic carbocycles. The lowest BCUT2D eigenvalue weighted by atomic mass is 9.76. The van der Waals surface area contributed by atoms with Crippen molar-refractivity contribution in [1.82, 2.24) is 14.8 Å². The van der Waals surface area contributed by atoms with Gasteiger partial charge in [-0.3, -0.25) is 14.6 Å². The molecule has 6 nitrogen and oxygen atoms in total. The van der Waals surface area contributed by atoms with Gasteiger partial charge in [0.1, 0.15) is 0 Å². The zero-order valence-electron chi connectivity index (χ0n) is 23.6. The minimum Gasteiger partial charge on any atom is -0.343 e. The molecule has 0 bridgehead atoms. The number of hydrogen-bond acceptors (Lipinski definition) is 4. The maximum absolute atomic E-state index is 13.2. The van der Waals surface area contributed by atoms with Gasteiger partial charge in [0, 0.05) is 71.6 Å². The van der Waals surface area contributed by atoms with Gasteiger partial charge in [-0.05, 0) is 101 Å². The smallest absolute Gasteiger partial charge is 0.223 e. The molecule has 0 saturated carbocycles. The van der Waals surface area contributed by atoms with Crippen molar-refractivity contribution in [1.29, 1.82) is 0 Å². The topological polar surface area (TPSA) is 79.5 Å². The Morgan fingerprint density at radius 2 is 1.57 bits per heavy atom. The minimum atomic E-state index is 0.136. The summed E-state index contributed by atoms with van der Waals surface area (Å²) in [5, 5.41) is 0.754. The molecular weight excluding hydrogens is 656 g/mol. The van der Waals surface area contributed by atoms with Crippen LogP contribution in [0.3, 0.4) is 0 Å². The zero-order chi connectivity index (χ0) is 28.8. The van der Waals surface area contributed by atoms with Crippen LogP contribution in [0.2, 0.25) is 5.02 Å². The van der Waals surface area contributed by atoms with Gasteiger partial charge in [-0.1, -0.05) is 41.4 Å². The summed E-state index contributed by atoms with van der Waals surface area (Å²) in [5.74, 6) is 1.32. The van der Waals surface area contributed by atoms with E-state index in [0.29, 0.717) is 31.2 Å². The first kappa shape index (κ1) is 31.5. The number of nitrogens with two attached hydrogens (primary N) is 1. The Bertz CT molecular complexity index is 1190. The third-order valence-electron chi connectivity index (χ3n) is 8.57. The third-order valence-corrected chi connectivity index (χ3v) is 9.88. The largest absolute Gasteiger partial charge is 0.343 e. The molecular formula is C31H41Br2ClN4O2. The van der Waals surface area contributed by atoms with Crippen LogP contribution in [0.25, 0.3) is 0 Å². The van der Waals surface area contributed by atoms with E-state index in [2.05, 4.69) is 48.9 Å². The summed E-state index contributed by atoms with van der Waals surface area (Å²) < 4.78 is 2.06. The van der Waals surface area contributed by atoms with Crippen LogP contribution in [0, 0.1) is 11.8 Å². The fourth-order valence-electron chi connectivity index (χ4n) is 6.56. The first-order chi connectivity index (χ1) is 19.3. The molecule has 0 unspecified atom stereocenters. The molecule has 1 aromatic carbocycles. The fraction of sp³-hybridized carbons (Fsp3) is 0.581. The molecule has 1 atom stereocenters. The number of pyridine rings is 1. The van der Waals surface area contributed by atoms with Crippen LogP contribution >= 0.6 is 43.5 Å². The molecule has 40 heavy (non-hydrogen) atoms. The summed E-state index contributed by atoms with van der Waals surface area (Å²) in [7, 11) is 0. The Morgan fingerprint density at radius 3 is 2.25 bits per heavy atom. The average molecular weight is 697 g/mol. The molecule has 2 aliphatic heterocycles. The monoisotopic (exact) mass is 694 g/mol. The van der Waals surface area contributed by atoms with Crippen molar-refractivity contribution < 1.29 is 9.59 Å². The van der Waals surface area contributed by atoms with Crippen LogP contribution in [0.15, 0.2) is 33.3 Å². The molecule has 2 saturated heterocycles. The van der Waals surface area contributed by atoms with Crippen molar-refractivity contribution in [3.8, 4) is 0 Å². The van der Waals surface area contributed by atoms with Crippen molar-refractivity contribution in [3.05, 3.63) is 60.7 Å². The number of likely N-dealkylation sites (tertiary alicyclic amines) is 2. The number of carbonyl (C=O) groups excluding carboxylic acids is 2. The second-order valence-corrected chi connectivity index (χ2v) is 13.1. The Morgan fingerprint density at radius 1 is 0.950 bits per heavy atom. The van der Waals surface area contributed by atoms with E-state index in [1.54, 1.807) is 0 Å². The quantitative estimate of drug-likeness (QED) is 0.376. The van der Waals surface area contributed by atoms with E-state index in [1.807, 2.05) is 31.0 Å². The Kier molecular flexibility index (Phi) is 11.5. The molecule has 2 aromatic rings. The fourth-order valence-corrected chi connectivity index (χ4v) is 8.06. The molecule has 9 heteroatoms. The lowest BCUT2D eigenvalue weighted by molar-refractivity contribution is -0.135. The molecule has 2 N–H and O–H groups in total. The highest BCUT2D eigenvalue weighted by atomic mass is 79.9. The second kappa shape index (κ2) is 14.6. The highest BCUT2D eigenvalue weighted by molar-refractivity contribution is 9.10. The maximum atomic E-state index is 13.2. The number of aromatic nitrogens is 1. The lowest BCUT2D eigenvalue weighted by Gasteiger charge is -2.38. The van der Waals surface area contributed by atoms with Crippen LogP contribution in [0.1, 0.15) is 80.7 Å². The molecule has 2 fully saturated rings. The second-order valence-electron chi connectivity index (χ2n) is 10.9. The summed E-state index contributed by atoms with van der Waals surface area (Å²) in [4.78, 5) is 34.3. The van der Waals surface area contributed by atoms with E-state index in [4.69, 9.17) is 22.3 Å². The molecule has 0 radical (unpaired) electrons. The van der Waals surface area contributed by atoms with Crippen molar-refractivity contribution >= 4 is 55.3 Å². The first-order valence-electron chi connectivity index (χ1n) is 14.7. The van der Waals surface area contributed by atoms with E-state index >= 15 is 0 Å². The van der Waals surface area contributed by atoms with Gasteiger partial charge >= 0.3 is 0 Å². The van der Waals surface area contributed by atoms with Gasteiger partial charge < -0.3 is 15.5 Å². The maximum Gasteiger partial charge on any atom is 0.223 e. The highest BCUT2D eigenvalue weighted by Gasteiger charge is 2.36. The summed E-state index contributed by atoms with van der Waals surface area (Å²) in [6, 6.07) is 6.33. The van der Waals surface area contributed by atoms with Crippen LogP contribution < -0.4 is 5.73 Å². The summed E-state index contributed by atoms with van der Waals surface area (Å²) >= 11 is 13.9.